The van der Waals surface area contributed by atoms with Gasteiger partial charge in [0.25, 0.3) is 0 Å². The third-order valence-electron chi connectivity index (χ3n) is 3.47. The zero-order chi connectivity index (χ0) is 9.95. The van der Waals surface area contributed by atoms with Crippen LogP contribution in [0.1, 0.15) is 66.2 Å². The Morgan fingerprint density at radius 3 is 1.92 bits per heavy atom. The summed E-state index contributed by atoms with van der Waals surface area (Å²) in [6, 6.07) is 0. The van der Waals surface area contributed by atoms with E-state index in [1.165, 1.54) is 38.5 Å². The highest BCUT2D eigenvalue weighted by Crippen LogP contribution is 2.50. The van der Waals surface area contributed by atoms with Gasteiger partial charge in [0.15, 0.2) is 0 Å². The van der Waals surface area contributed by atoms with Gasteiger partial charge in [0, 0.05) is 0 Å². The molecular formula is C12H24O. The second-order valence-corrected chi connectivity index (χ2v) is 5.01. The van der Waals surface area contributed by atoms with Crippen LogP contribution in [0.25, 0.3) is 0 Å². The number of epoxide rings is 1. The lowest BCUT2D eigenvalue weighted by Crippen LogP contribution is -2.15. The third kappa shape index (κ3) is 2.70. The highest BCUT2D eigenvalue weighted by Gasteiger charge is 2.58. The summed E-state index contributed by atoms with van der Waals surface area (Å²) in [5, 5.41) is 0. The Morgan fingerprint density at radius 2 is 1.46 bits per heavy atom. The molecule has 0 spiro atoms. The highest BCUT2D eigenvalue weighted by atomic mass is 16.6. The molecule has 0 saturated carbocycles. The first-order valence-corrected chi connectivity index (χ1v) is 5.72. The molecule has 0 radical (unpaired) electrons. The lowest BCUT2D eigenvalue weighted by Gasteiger charge is -2.07. The molecule has 0 aromatic rings. The van der Waals surface area contributed by atoms with Gasteiger partial charge in [0.1, 0.15) is 0 Å². The van der Waals surface area contributed by atoms with E-state index in [0.717, 1.165) is 0 Å². The van der Waals surface area contributed by atoms with Crippen LogP contribution < -0.4 is 0 Å². The van der Waals surface area contributed by atoms with E-state index >= 15 is 0 Å². The van der Waals surface area contributed by atoms with Crippen molar-refractivity contribution in [2.45, 2.75) is 77.4 Å². The van der Waals surface area contributed by atoms with E-state index in [1.807, 2.05) is 0 Å². The van der Waals surface area contributed by atoms with Crippen molar-refractivity contribution in [1.29, 1.82) is 0 Å². The monoisotopic (exact) mass is 184 g/mol. The second-order valence-electron chi connectivity index (χ2n) is 5.01. The van der Waals surface area contributed by atoms with Crippen molar-refractivity contribution in [3.8, 4) is 0 Å². The average molecular weight is 184 g/mol. The van der Waals surface area contributed by atoms with E-state index in [9.17, 15) is 0 Å². The molecule has 1 atom stereocenters. The van der Waals surface area contributed by atoms with Crippen LogP contribution in [0.4, 0.5) is 0 Å². The van der Waals surface area contributed by atoms with E-state index < -0.39 is 0 Å². The standard InChI is InChI=1S/C12H24O/c1-5-6-7-8-9-10-12(4)11(2,3)13-12/h5-10H2,1-4H3. The molecule has 1 heterocycles. The minimum Gasteiger partial charge on any atom is -0.363 e. The Labute approximate surface area is 82.9 Å². The first-order chi connectivity index (χ1) is 6.02. The van der Waals surface area contributed by atoms with Gasteiger partial charge in [-0.1, -0.05) is 39.0 Å². The fourth-order valence-corrected chi connectivity index (χ4v) is 1.96. The van der Waals surface area contributed by atoms with Gasteiger partial charge in [-0.05, 0) is 27.2 Å². The molecule has 78 valence electrons. The smallest absolute Gasteiger partial charge is 0.0946 e. The molecule has 1 aliphatic heterocycles. The largest absolute Gasteiger partial charge is 0.363 e. The third-order valence-corrected chi connectivity index (χ3v) is 3.47. The van der Waals surface area contributed by atoms with Crippen LogP contribution in [-0.2, 0) is 4.74 Å². The van der Waals surface area contributed by atoms with Crippen LogP contribution in [-0.4, -0.2) is 11.2 Å². The van der Waals surface area contributed by atoms with Gasteiger partial charge in [0.05, 0.1) is 11.2 Å². The van der Waals surface area contributed by atoms with Crippen LogP contribution in [0.5, 0.6) is 0 Å². The van der Waals surface area contributed by atoms with Crippen LogP contribution in [0.15, 0.2) is 0 Å². The van der Waals surface area contributed by atoms with E-state index in [4.69, 9.17) is 4.74 Å². The predicted octanol–water partition coefficient (Wildman–Crippen LogP) is 3.91. The van der Waals surface area contributed by atoms with E-state index in [2.05, 4.69) is 27.7 Å². The van der Waals surface area contributed by atoms with Crippen LogP contribution in [0.3, 0.4) is 0 Å². The first-order valence-electron chi connectivity index (χ1n) is 5.72. The van der Waals surface area contributed by atoms with Crippen molar-refractivity contribution in [3.05, 3.63) is 0 Å². The topological polar surface area (TPSA) is 12.5 Å². The summed E-state index contributed by atoms with van der Waals surface area (Å²) in [5.41, 5.74) is 0.344. The Balaban J connectivity index is 2.01. The highest BCUT2D eigenvalue weighted by molar-refractivity contribution is 5.07. The lowest BCUT2D eigenvalue weighted by molar-refractivity contribution is 0.273. The Kier molecular flexibility index (Phi) is 3.39. The molecule has 0 aromatic carbocycles. The molecule has 0 bridgehead atoms. The van der Waals surface area contributed by atoms with Crippen molar-refractivity contribution >= 4 is 0 Å². The molecule has 1 rings (SSSR count). The first kappa shape index (κ1) is 11.0. The SMILES string of the molecule is CCCCCCCC1(C)OC1(C)C. The van der Waals surface area contributed by atoms with Gasteiger partial charge in [-0.3, -0.25) is 0 Å². The molecule has 0 amide bonds. The minimum absolute atomic E-state index is 0.151. The van der Waals surface area contributed by atoms with Crippen LogP contribution >= 0.6 is 0 Å². The molecule has 0 N–H and O–H groups in total. The van der Waals surface area contributed by atoms with Gasteiger partial charge in [-0.25, -0.2) is 0 Å². The molecule has 1 nitrogen and oxygen atoms in total. The molecule has 0 aliphatic carbocycles. The average Bonchev–Trinajstić information content (AvgIpc) is 2.51. The van der Waals surface area contributed by atoms with Crippen molar-refractivity contribution in [2.24, 2.45) is 0 Å². The molecular weight excluding hydrogens is 160 g/mol. The van der Waals surface area contributed by atoms with Gasteiger partial charge >= 0.3 is 0 Å². The fourth-order valence-electron chi connectivity index (χ4n) is 1.96. The summed E-state index contributed by atoms with van der Waals surface area (Å²) in [6.45, 7) is 8.89. The predicted molar refractivity (Wildman–Crippen MR) is 56.9 cm³/mol. The normalized spacial score (nSPS) is 30.5. The maximum Gasteiger partial charge on any atom is 0.0946 e. The van der Waals surface area contributed by atoms with Crippen molar-refractivity contribution in [2.75, 3.05) is 0 Å². The lowest BCUT2D eigenvalue weighted by atomic mass is 9.92. The summed E-state index contributed by atoms with van der Waals surface area (Å²) < 4.78 is 5.70. The number of ether oxygens (including phenoxy) is 1. The molecule has 0 aromatic heterocycles. The zero-order valence-corrected chi connectivity index (χ0v) is 9.65. The number of hydrogen-bond donors (Lipinski definition) is 0. The van der Waals surface area contributed by atoms with E-state index in [-0.39, 0.29) is 11.2 Å². The summed E-state index contributed by atoms with van der Waals surface area (Å²) in [5.74, 6) is 0. The Hall–Kier alpha value is -0.0400. The maximum absolute atomic E-state index is 5.70. The number of hydrogen-bond acceptors (Lipinski definition) is 1. The summed E-state index contributed by atoms with van der Waals surface area (Å²) in [7, 11) is 0. The number of rotatable bonds is 6. The maximum atomic E-state index is 5.70. The summed E-state index contributed by atoms with van der Waals surface area (Å²) in [4.78, 5) is 0. The van der Waals surface area contributed by atoms with Crippen molar-refractivity contribution in [1.82, 2.24) is 0 Å². The zero-order valence-electron chi connectivity index (χ0n) is 9.65. The summed E-state index contributed by atoms with van der Waals surface area (Å²) >= 11 is 0. The quantitative estimate of drug-likeness (QED) is 0.450. The van der Waals surface area contributed by atoms with Gasteiger partial charge in [-0.2, -0.15) is 0 Å². The molecule has 1 unspecified atom stereocenters. The van der Waals surface area contributed by atoms with Gasteiger partial charge in [-0.15, -0.1) is 0 Å². The molecule has 13 heavy (non-hydrogen) atoms. The molecule has 1 aliphatic rings. The van der Waals surface area contributed by atoms with E-state index in [0.29, 0.717) is 0 Å². The number of unbranched alkanes of at least 4 members (excludes halogenated alkanes) is 4. The summed E-state index contributed by atoms with van der Waals surface area (Å²) in [6.07, 6.45) is 8.07. The fraction of sp³-hybridized carbons (Fsp3) is 1.00. The van der Waals surface area contributed by atoms with Crippen LogP contribution in [0.2, 0.25) is 0 Å². The van der Waals surface area contributed by atoms with Crippen molar-refractivity contribution < 1.29 is 4.74 Å². The van der Waals surface area contributed by atoms with E-state index in [1.54, 1.807) is 0 Å². The van der Waals surface area contributed by atoms with Crippen LogP contribution in [0, 0.1) is 0 Å². The Bertz CT molecular complexity index is 163. The minimum atomic E-state index is 0.151. The molecule has 1 fully saturated rings. The van der Waals surface area contributed by atoms with Crippen molar-refractivity contribution in [3.63, 3.8) is 0 Å². The molecule has 1 saturated heterocycles. The molecule has 1 heteroatoms. The second kappa shape index (κ2) is 4.00. The Morgan fingerprint density at radius 1 is 0.923 bits per heavy atom. The van der Waals surface area contributed by atoms with Gasteiger partial charge in [0.2, 0.25) is 0 Å². The van der Waals surface area contributed by atoms with Gasteiger partial charge < -0.3 is 4.74 Å².